The van der Waals surface area contributed by atoms with Crippen LogP contribution in [0.1, 0.15) is 15.9 Å². The van der Waals surface area contributed by atoms with Gasteiger partial charge in [0.05, 0.1) is 17.8 Å². The molecule has 1 aliphatic heterocycles. The number of rotatable bonds is 2. The maximum absolute atomic E-state index is 13.4. The summed E-state index contributed by atoms with van der Waals surface area (Å²) < 4.78 is 14.0. The van der Waals surface area contributed by atoms with E-state index in [4.69, 9.17) is 11.6 Å². The Hall–Kier alpha value is -1.72. The van der Waals surface area contributed by atoms with Crippen LogP contribution in [-0.4, -0.2) is 11.7 Å². The number of halogens is 3. The molecule has 2 aromatic carbocycles. The van der Waals surface area contributed by atoms with Gasteiger partial charge in [-0.25, -0.2) is 4.39 Å². The Morgan fingerprint density at radius 3 is 2.62 bits per heavy atom. The second-order valence-corrected chi connectivity index (χ2v) is 6.01. The highest BCUT2D eigenvalue weighted by molar-refractivity contribution is 9.10. The van der Waals surface area contributed by atoms with Crippen molar-refractivity contribution in [1.29, 1.82) is 0 Å². The van der Waals surface area contributed by atoms with Crippen molar-refractivity contribution in [3.8, 4) is 0 Å². The molecule has 0 aliphatic carbocycles. The first kappa shape index (κ1) is 14.2. The monoisotopic (exact) mass is 367 g/mol. The first-order valence-corrected chi connectivity index (χ1v) is 7.23. The fourth-order valence-electron chi connectivity index (χ4n) is 2.31. The van der Waals surface area contributed by atoms with Gasteiger partial charge in [-0.3, -0.25) is 9.59 Å². The molecule has 21 heavy (non-hydrogen) atoms. The number of nitrogens with zero attached hydrogens (tertiary/aromatic N) is 1. The lowest BCUT2D eigenvalue weighted by Crippen LogP contribution is -2.29. The molecule has 6 heteroatoms. The molecule has 0 saturated carbocycles. The third-order valence-corrected chi connectivity index (χ3v) is 3.89. The molecule has 1 aliphatic rings. The van der Waals surface area contributed by atoms with Crippen LogP contribution < -0.4 is 4.90 Å². The van der Waals surface area contributed by atoms with E-state index < -0.39 is 17.5 Å². The minimum Gasteiger partial charge on any atom is -0.300 e. The summed E-state index contributed by atoms with van der Waals surface area (Å²) >= 11 is 9.12. The van der Waals surface area contributed by atoms with Gasteiger partial charge in [-0.05, 0) is 42.0 Å². The summed E-state index contributed by atoms with van der Waals surface area (Å²) in [6, 6.07) is 9.00. The summed E-state index contributed by atoms with van der Waals surface area (Å²) in [5.41, 5.74) is 1.36. The molecule has 0 bridgehead atoms. The van der Waals surface area contributed by atoms with Crippen LogP contribution in [0.15, 0.2) is 40.9 Å². The Bertz CT molecular complexity index is 758. The van der Waals surface area contributed by atoms with Crippen LogP contribution in [0.2, 0.25) is 5.02 Å². The van der Waals surface area contributed by atoms with E-state index in [1.807, 2.05) is 0 Å². The molecule has 106 valence electrons. The van der Waals surface area contributed by atoms with Crippen molar-refractivity contribution < 1.29 is 14.0 Å². The second-order valence-electron chi connectivity index (χ2n) is 4.66. The third kappa shape index (κ3) is 2.59. The van der Waals surface area contributed by atoms with E-state index in [0.717, 1.165) is 0 Å². The molecular formula is C15H8BrClFNO2. The largest absolute Gasteiger partial charge is 0.300 e. The van der Waals surface area contributed by atoms with Gasteiger partial charge >= 0.3 is 0 Å². The fraction of sp³-hybridized carbons (Fsp3) is 0.0667. The Morgan fingerprint density at radius 1 is 1.14 bits per heavy atom. The van der Waals surface area contributed by atoms with E-state index in [2.05, 4.69) is 15.9 Å². The Kier molecular flexibility index (Phi) is 3.55. The van der Waals surface area contributed by atoms with Crippen molar-refractivity contribution in [1.82, 2.24) is 0 Å². The van der Waals surface area contributed by atoms with Gasteiger partial charge in [0.2, 0.25) is 0 Å². The zero-order valence-electron chi connectivity index (χ0n) is 10.6. The number of ketones is 1. The molecule has 0 radical (unpaired) electrons. The van der Waals surface area contributed by atoms with Gasteiger partial charge in [0, 0.05) is 9.50 Å². The van der Waals surface area contributed by atoms with Crippen LogP contribution in [0.3, 0.4) is 0 Å². The highest BCUT2D eigenvalue weighted by Crippen LogP contribution is 2.33. The number of hydrogen-bond donors (Lipinski definition) is 0. The van der Waals surface area contributed by atoms with Gasteiger partial charge in [0.25, 0.3) is 11.7 Å². The smallest absolute Gasteiger partial charge is 0.299 e. The lowest BCUT2D eigenvalue weighted by atomic mass is 10.1. The lowest BCUT2D eigenvalue weighted by molar-refractivity contribution is -0.114. The van der Waals surface area contributed by atoms with E-state index in [1.165, 1.54) is 23.1 Å². The maximum atomic E-state index is 13.4. The number of carbonyl (C=O) groups excluding carboxylic acids is 2. The molecule has 0 spiro atoms. The van der Waals surface area contributed by atoms with E-state index >= 15 is 0 Å². The maximum Gasteiger partial charge on any atom is 0.299 e. The molecule has 0 fully saturated rings. The lowest BCUT2D eigenvalue weighted by Gasteiger charge is -2.17. The van der Waals surface area contributed by atoms with Crippen LogP contribution in [0.5, 0.6) is 0 Å². The molecule has 3 nitrogen and oxygen atoms in total. The van der Waals surface area contributed by atoms with Gasteiger partial charge in [-0.15, -0.1) is 0 Å². The molecule has 0 N–H and O–H groups in total. The molecule has 2 aromatic rings. The molecule has 3 rings (SSSR count). The van der Waals surface area contributed by atoms with E-state index in [0.29, 0.717) is 26.3 Å². The Balaban J connectivity index is 2.01. The van der Waals surface area contributed by atoms with Crippen molar-refractivity contribution in [2.24, 2.45) is 0 Å². The van der Waals surface area contributed by atoms with E-state index in [1.54, 1.807) is 18.2 Å². The summed E-state index contributed by atoms with van der Waals surface area (Å²) in [5.74, 6) is -1.62. The van der Waals surface area contributed by atoms with Crippen molar-refractivity contribution >= 4 is 44.9 Å². The van der Waals surface area contributed by atoms with Crippen LogP contribution in [0, 0.1) is 5.82 Å². The molecule has 0 aromatic heterocycles. The standard InChI is InChI=1S/C15H8BrClFNO2/c16-9-3-8(4-11(18)5-9)7-19-13-6-10(17)1-2-12(13)14(20)15(19)21/h1-6H,7H2. The van der Waals surface area contributed by atoms with Gasteiger partial charge in [-0.1, -0.05) is 27.5 Å². The molecular weight excluding hydrogens is 361 g/mol. The van der Waals surface area contributed by atoms with Crippen molar-refractivity contribution in [3.63, 3.8) is 0 Å². The molecule has 0 atom stereocenters. The highest BCUT2D eigenvalue weighted by Gasteiger charge is 2.35. The van der Waals surface area contributed by atoms with Crippen LogP contribution >= 0.6 is 27.5 Å². The Morgan fingerprint density at radius 2 is 1.90 bits per heavy atom. The minimum absolute atomic E-state index is 0.105. The van der Waals surface area contributed by atoms with Gasteiger partial charge < -0.3 is 4.90 Å². The predicted octanol–water partition coefficient (Wildman–Crippen LogP) is 3.97. The van der Waals surface area contributed by atoms with E-state index in [-0.39, 0.29) is 6.54 Å². The van der Waals surface area contributed by atoms with Crippen LogP contribution in [-0.2, 0) is 11.3 Å². The summed E-state index contributed by atoms with van der Waals surface area (Å²) in [7, 11) is 0. The summed E-state index contributed by atoms with van der Waals surface area (Å²) in [4.78, 5) is 25.3. The SMILES string of the molecule is O=C1C(=O)N(Cc2cc(F)cc(Br)c2)c2cc(Cl)ccc21. The van der Waals surface area contributed by atoms with Gasteiger partial charge in [0.1, 0.15) is 5.82 Å². The fourth-order valence-corrected chi connectivity index (χ4v) is 2.99. The summed E-state index contributed by atoms with van der Waals surface area (Å²) in [6.07, 6.45) is 0. The number of carbonyl (C=O) groups is 2. The number of amides is 1. The first-order chi connectivity index (χ1) is 9.95. The van der Waals surface area contributed by atoms with Crippen molar-refractivity contribution in [2.75, 3.05) is 4.90 Å². The number of benzene rings is 2. The van der Waals surface area contributed by atoms with Gasteiger partial charge in [0.15, 0.2) is 0 Å². The average molecular weight is 369 g/mol. The molecule has 1 heterocycles. The summed E-state index contributed by atoms with van der Waals surface area (Å²) in [6.45, 7) is 0.105. The van der Waals surface area contributed by atoms with E-state index in [9.17, 15) is 14.0 Å². The topological polar surface area (TPSA) is 37.4 Å². The van der Waals surface area contributed by atoms with Crippen molar-refractivity contribution in [3.05, 3.63) is 62.8 Å². The first-order valence-electron chi connectivity index (χ1n) is 6.06. The normalized spacial score (nSPS) is 13.8. The third-order valence-electron chi connectivity index (χ3n) is 3.20. The Labute approximate surface area is 133 Å². The predicted molar refractivity (Wildman–Crippen MR) is 81.1 cm³/mol. The number of hydrogen-bond acceptors (Lipinski definition) is 2. The second kappa shape index (κ2) is 5.24. The number of anilines is 1. The van der Waals surface area contributed by atoms with Crippen LogP contribution in [0.25, 0.3) is 0 Å². The highest BCUT2D eigenvalue weighted by atomic mass is 79.9. The van der Waals surface area contributed by atoms with Crippen molar-refractivity contribution in [2.45, 2.75) is 6.54 Å². The van der Waals surface area contributed by atoms with Gasteiger partial charge in [-0.2, -0.15) is 0 Å². The zero-order valence-corrected chi connectivity index (χ0v) is 12.9. The summed E-state index contributed by atoms with van der Waals surface area (Å²) in [5, 5.41) is 0.432. The molecule has 0 unspecified atom stereocenters. The zero-order chi connectivity index (χ0) is 15.1. The minimum atomic E-state index is -0.632. The van der Waals surface area contributed by atoms with Crippen LogP contribution in [0.4, 0.5) is 10.1 Å². The molecule has 0 saturated heterocycles. The number of Topliss-reactive ketones (excluding diaryl/α,β-unsaturated/α-hetero) is 1. The average Bonchev–Trinajstić information content (AvgIpc) is 2.62. The quantitative estimate of drug-likeness (QED) is 0.752. The number of fused-ring (bicyclic) bond motifs is 1. The molecule has 1 amide bonds.